The summed E-state index contributed by atoms with van der Waals surface area (Å²) in [6.45, 7) is 1.09. The summed E-state index contributed by atoms with van der Waals surface area (Å²) in [5.74, 6) is 0. The van der Waals surface area contributed by atoms with Gasteiger partial charge in [0.25, 0.3) is 0 Å². The summed E-state index contributed by atoms with van der Waals surface area (Å²) in [5.41, 5.74) is 1.42. The van der Waals surface area contributed by atoms with Crippen LogP contribution in [0.1, 0.15) is 5.69 Å². The van der Waals surface area contributed by atoms with E-state index in [1.807, 2.05) is 17.5 Å². The van der Waals surface area contributed by atoms with Gasteiger partial charge >= 0.3 is 12.1 Å². The molecule has 1 fully saturated rings. The first-order chi connectivity index (χ1) is 10.3. The number of nitrogens with zero attached hydrogens (tertiary/aromatic N) is 3. The monoisotopic (exact) mass is 303 g/mol. The van der Waals surface area contributed by atoms with Gasteiger partial charge < -0.3 is 10.6 Å². The highest BCUT2D eigenvalue weighted by molar-refractivity contribution is 7.13. The minimum absolute atomic E-state index is 0.226. The van der Waals surface area contributed by atoms with Gasteiger partial charge in [0.2, 0.25) is 0 Å². The van der Waals surface area contributed by atoms with Crippen LogP contribution in [-0.2, 0) is 6.54 Å². The van der Waals surface area contributed by atoms with E-state index in [-0.39, 0.29) is 12.6 Å². The van der Waals surface area contributed by atoms with Crippen LogP contribution >= 0.6 is 11.3 Å². The predicted octanol–water partition coefficient (Wildman–Crippen LogP) is 1.44. The number of nitrogens with one attached hydrogen (secondary N) is 2. The van der Waals surface area contributed by atoms with Crippen LogP contribution in [0.5, 0.6) is 0 Å². The van der Waals surface area contributed by atoms with Gasteiger partial charge in [0, 0.05) is 25.5 Å². The minimum Gasteiger partial charge on any atom is -0.336 e. The first kappa shape index (κ1) is 13.5. The van der Waals surface area contributed by atoms with Crippen molar-refractivity contribution in [1.29, 1.82) is 0 Å². The lowest BCUT2D eigenvalue weighted by Crippen LogP contribution is -2.41. The maximum atomic E-state index is 11.9. The Labute approximate surface area is 125 Å². The molecular formula is C13H13N5O2S. The van der Waals surface area contributed by atoms with E-state index < -0.39 is 6.03 Å². The number of amides is 4. The van der Waals surface area contributed by atoms with Gasteiger partial charge in [-0.2, -0.15) is 0 Å². The Balaban J connectivity index is 1.71. The highest BCUT2D eigenvalue weighted by Crippen LogP contribution is 2.24. The van der Waals surface area contributed by atoms with E-state index in [1.165, 1.54) is 0 Å². The van der Waals surface area contributed by atoms with E-state index in [0.29, 0.717) is 18.8 Å². The number of hydrogen-bond acceptors (Lipinski definition) is 5. The molecule has 21 heavy (non-hydrogen) atoms. The molecule has 3 rings (SSSR count). The molecule has 0 saturated carbocycles. The van der Waals surface area contributed by atoms with Crippen LogP contribution in [0.3, 0.4) is 0 Å². The van der Waals surface area contributed by atoms with Crippen LogP contribution in [0.25, 0.3) is 10.6 Å². The zero-order valence-corrected chi connectivity index (χ0v) is 11.9. The molecule has 2 N–H and O–H groups in total. The van der Waals surface area contributed by atoms with Crippen molar-refractivity contribution in [3.05, 3.63) is 35.6 Å². The smallest absolute Gasteiger partial charge is 0.325 e. The van der Waals surface area contributed by atoms with Gasteiger partial charge in [-0.15, -0.1) is 11.3 Å². The summed E-state index contributed by atoms with van der Waals surface area (Å²) in [5, 5.41) is 7.24. The normalized spacial score (nSPS) is 14.1. The van der Waals surface area contributed by atoms with Crippen LogP contribution in [-0.4, -0.2) is 40.0 Å². The lowest BCUT2D eigenvalue weighted by molar-refractivity contribution is 0.198. The number of carbonyl (C=O) groups excluding carboxylic acids is 2. The molecule has 1 saturated heterocycles. The molecule has 8 heteroatoms. The molecule has 0 aliphatic carbocycles. The van der Waals surface area contributed by atoms with Crippen molar-refractivity contribution in [2.45, 2.75) is 6.54 Å². The van der Waals surface area contributed by atoms with E-state index in [9.17, 15) is 9.59 Å². The SMILES string of the molecule is O=C1NCCN1C(=O)NCc1nccnc1-c1cccs1. The van der Waals surface area contributed by atoms with E-state index in [0.717, 1.165) is 15.5 Å². The lowest BCUT2D eigenvalue weighted by Gasteiger charge is -2.13. The highest BCUT2D eigenvalue weighted by atomic mass is 32.1. The second-order valence-electron chi connectivity index (χ2n) is 4.37. The Hall–Kier alpha value is -2.48. The zero-order chi connectivity index (χ0) is 14.7. The van der Waals surface area contributed by atoms with Crippen LogP contribution in [0.2, 0.25) is 0 Å². The minimum atomic E-state index is -0.423. The maximum Gasteiger partial charge on any atom is 0.325 e. The second kappa shape index (κ2) is 5.88. The second-order valence-corrected chi connectivity index (χ2v) is 5.32. The third kappa shape index (κ3) is 2.84. The van der Waals surface area contributed by atoms with E-state index in [1.54, 1.807) is 23.7 Å². The van der Waals surface area contributed by atoms with Gasteiger partial charge in [0.05, 0.1) is 17.1 Å². The number of hydrogen-bond donors (Lipinski definition) is 2. The number of rotatable bonds is 3. The van der Waals surface area contributed by atoms with Gasteiger partial charge in [0.15, 0.2) is 0 Å². The van der Waals surface area contributed by atoms with Crippen molar-refractivity contribution < 1.29 is 9.59 Å². The Bertz CT molecular complexity index is 658. The molecule has 4 amide bonds. The molecule has 108 valence electrons. The number of thiophene rings is 1. The number of imide groups is 1. The standard InChI is InChI=1S/C13H13N5O2S/c19-12-16-5-6-18(12)13(20)17-8-9-11(15-4-3-14-9)10-2-1-7-21-10/h1-4,7H,5-6,8H2,(H,16,19)(H,17,20). The van der Waals surface area contributed by atoms with Crippen molar-refractivity contribution in [3.63, 3.8) is 0 Å². The fourth-order valence-corrected chi connectivity index (χ4v) is 2.78. The van der Waals surface area contributed by atoms with Crippen LogP contribution in [0, 0.1) is 0 Å². The van der Waals surface area contributed by atoms with E-state index in [2.05, 4.69) is 20.6 Å². The van der Waals surface area contributed by atoms with Crippen molar-refractivity contribution >= 4 is 23.4 Å². The quantitative estimate of drug-likeness (QED) is 0.898. The summed E-state index contributed by atoms with van der Waals surface area (Å²) in [6.07, 6.45) is 3.20. The molecule has 0 bridgehead atoms. The fourth-order valence-electron chi connectivity index (χ4n) is 2.04. The molecule has 1 aliphatic heterocycles. The molecule has 2 aromatic rings. The number of aromatic nitrogens is 2. The van der Waals surface area contributed by atoms with Crippen LogP contribution < -0.4 is 10.6 Å². The van der Waals surface area contributed by atoms with Gasteiger partial charge in [0.1, 0.15) is 5.69 Å². The Morgan fingerprint density at radius 1 is 1.43 bits per heavy atom. The average molecular weight is 303 g/mol. The van der Waals surface area contributed by atoms with Crippen molar-refractivity contribution in [2.24, 2.45) is 0 Å². The van der Waals surface area contributed by atoms with Crippen molar-refractivity contribution in [3.8, 4) is 10.6 Å². The van der Waals surface area contributed by atoms with E-state index >= 15 is 0 Å². The predicted molar refractivity (Wildman–Crippen MR) is 77.7 cm³/mol. The van der Waals surface area contributed by atoms with E-state index in [4.69, 9.17) is 0 Å². The van der Waals surface area contributed by atoms with Crippen molar-refractivity contribution in [2.75, 3.05) is 13.1 Å². The third-order valence-corrected chi connectivity index (χ3v) is 3.91. The fraction of sp³-hybridized carbons (Fsp3) is 0.231. The Kier molecular flexibility index (Phi) is 3.78. The first-order valence-electron chi connectivity index (χ1n) is 6.42. The molecule has 3 heterocycles. The molecule has 2 aromatic heterocycles. The first-order valence-corrected chi connectivity index (χ1v) is 7.30. The molecule has 0 unspecified atom stereocenters. The van der Waals surface area contributed by atoms with Gasteiger partial charge in [-0.25, -0.2) is 14.5 Å². The van der Waals surface area contributed by atoms with Crippen LogP contribution in [0.4, 0.5) is 9.59 Å². The molecular weight excluding hydrogens is 290 g/mol. The zero-order valence-electron chi connectivity index (χ0n) is 11.1. The highest BCUT2D eigenvalue weighted by Gasteiger charge is 2.26. The third-order valence-electron chi connectivity index (χ3n) is 3.04. The number of urea groups is 2. The van der Waals surface area contributed by atoms with Gasteiger partial charge in [-0.05, 0) is 11.4 Å². The topological polar surface area (TPSA) is 87.2 Å². The molecule has 0 atom stereocenters. The maximum absolute atomic E-state index is 11.9. The molecule has 1 aliphatic rings. The number of carbonyl (C=O) groups is 2. The van der Waals surface area contributed by atoms with Crippen LogP contribution in [0.15, 0.2) is 29.9 Å². The average Bonchev–Trinajstić information content (AvgIpc) is 3.16. The Morgan fingerprint density at radius 3 is 3.00 bits per heavy atom. The summed E-state index contributed by atoms with van der Waals surface area (Å²) >= 11 is 1.56. The largest absolute Gasteiger partial charge is 0.336 e. The lowest BCUT2D eigenvalue weighted by atomic mass is 10.2. The molecule has 0 radical (unpaired) electrons. The summed E-state index contributed by atoms with van der Waals surface area (Å²) < 4.78 is 0. The summed E-state index contributed by atoms with van der Waals surface area (Å²) in [7, 11) is 0. The van der Waals surface area contributed by atoms with Gasteiger partial charge in [-0.3, -0.25) is 9.97 Å². The molecule has 7 nitrogen and oxygen atoms in total. The van der Waals surface area contributed by atoms with Gasteiger partial charge in [-0.1, -0.05) is 6.07 Å². The Morgan fingerprint density at radius 2 is 2.29 bits per heavy atom. The summed E-state index contributed by atoms with van der Waals surface area (Å²) in [4.78, 5) is 34.1. The van der Waals surface area contributed by atoms with Crippen molar-refractivity contribution in [1.82, 2.24) is 25.5 Å². The molecule has 0 aromatic carbocycles. The summed E-state index contributed by atoms with van der Waals surface area (Å²) in [6, 6.07) is 3.09. The molecule has 0 spiro atoms.